The van der Waals surface area contributed by atoms with E-state index in [4.69, 9.17) is 10.2 Å². The third-order valence-corrected chi connectivity index (χ3v) is 13.8. The Labute approximate surface area is 344 Å². The van der Waals surface area contributed by atoms with Crippen LogP contribution in [-0.4, -0.2) is 8.97 Å². The van der Waals surface area contributed by atoms with Crippen molar-refractivity contribution in [2.75, 3.05) is 0 Å². The molecule has 284 valence electrons. The molecule has 0 spiro atoms. The number of nitrogens with zero attached hydrogens (tertiary/aromatic N) is 2. The quantitative estimate of drug-likeness (QED) is 0.175. The molecule has 5 nitrogen and oxygen atoms in total. The van der Waals surface area contributed by atoms with Crippen molar-refractivity contribution in [2.24, 2.45) is 5.73 Å². The summed E-state index contributed by atoms with van der Waals surface area (Å²) in [4.78, 5) is 0. The van der Waals surface area contributed by atoms with Gasteiger partial charge in [-0.3, -0.25) is 5.32 Å². The molecule has 2 aliphatic heterocycles. The lowest BCUT2D eigenvalue weighted by Crippen LogP contribution is -2.33. The third kappa shape index (κ3) is 4.27. The first-order valence-corrected chi connectivity index (χ1v) is 21.1. The van der Waals surface area contributed by atoms with Gasteiger partial charge in [-0.05, 0) is 87.8 Å². The number of allylic oxidation sites excluding steroid dienone is 2. The molecule has 12 aromatic rings. The van der Waals surface area contributed by atoms with Crippen molar-refractivity contribution < 1.29 is 4.42 Å². The Balaban J connectivity index is 1.17. The molecule has 2 atom stereocenters. The number of hydrogen-bond donors (Lipinski definition) is 2. The number of nitrogens with one attached hydrogen (secondary N) is 1. The van der Waals surface area contributed by atoms with Gasteiger partial charge in [0.1, 0.15) is 11.3 Å². The predicted molar refractivity (Wildman–Crippen MR) is 248 cm³/mol. The second-order valence-electron chi connectivity index (χ2n) is 16.9. The Morgan fingerprint density at radius 3 is 2.10 bits per heavy atom. The zero-order valence-corrected chi connectivity index (χ0v) is 32.7. The lowest BCUT2D eigenvalue weighted by atomic mass is 9.85. The lowest BCUT2D eigenvalue weighted by Gasteiger charge is -2.25. The molecular weight excluding hydrogens is 733 g/mol. The van der Waals surface area contributed by atoms with Crippen LogP contribution in [-0.2, 0) is 12.8 Å². The number of furan rings is 1. The van der Waals surface area contributed by atoms with Crippen LogP contribution >= 0.6 is 0 Å². The fraction of sp³-hybridized carbons (Fsp3) is 0.0909. The van der Waals surface area contributed by atoms with Crippen molar-refractivity contribution in [3.8, 4) is 5.69 Å². The van der Waals surface area contributed by atoms with Gasteiger partial charge in [0.25, 0.3) is 0 Å². The van der Waals surface area contributed by atoms with Crippen LogP contribution in [0, 0.1) is 0 Å². The average molecular weight is 771 g/mol. The van der Waals surface area contributed by atoms with E-state index in [-0.39, 0.29) is 6.04 Å². The SMILES string of the molecule is NC1NC(c2ccccc2)c2oc3ccccc3c2CC2=CCCc3cc4c5cccc6c7c8ccccc8c8c9ccccc9n(c8c7n(c4cc32)c56)-c2ccc1cc2. The maximum absolute atomic E-state index is 7.23. The molecule has 4 bridgehead atoms. The molecule has 0 radical (unpaired) electrons. The summed E-state index contributed by atoms with van der Waals surface area (Å²) in [7, 11) is 0. The van der Waals surface area contributed by atoms with Gasteiger partial charge >= 0.3 is 0 Å². The number of hydrogen-bond acceptors (Lipinski definition) is 3. The average Bonchev–Trinajstić information content (AvgIpc) is 4.04. The number of fused-ring (bicyclic) bond motifs is 12. The minimum absolute atomic E-state index is 0.282. The Morgan fingerprint density at radius 1 is 0.567 bits per heavy atom. The highest BCUT2D eigenvalue weighted by Gasteiger charge is 2.30. The van der Waals surface area contributed by atoms with Gasteiger partial charge in [-0.2, -0.15) is 0 Å². The summed E-state index contributed by atoms with van der Waals surface area (Å²) in [5.41, 5.74) is 22.8. The minimum atomic E-state index is -0.469. The highest BCUT2D eigenvalue weighted by molar-refractivity contribution is 6.38. The maximum Gasteiger partial charge on any atom is 0.134 e. The topological polar surface area (TPSA) is 60.5 Å². The van der Waals surface area contributed by atoms with E-state index in [9.17, 15) is 0 Å². The van der Waals surface area contributed by atoms with Gasteiger partial charge in [0.05, 0.1) is 39.8 Å². The van der Waals surface area contributed by atoms with E-state index in [1.807, 2.05) is 0 Å². The fourth-order valence-electron chi connectivity index (χ4n) is 11.2. The molecule has 0 saturated heterocycles. The van der Waals surface area contributed by atoms with Crippen LogP contribution in [0.2, 0.25) is 0 Å². The van der Waals surface area contributed by atoms with E-state index in [1.54, 1.807) is 0 Å². The Bertz CT molecular complexity index is 3790. The lowest BCUT2D eigenvalue weighted by molar-refractivity contribution is 0.424. The van der Waals surface area contributed by atoms with Crippen LogP contribution in [0.5, 0.6) is 0 Å². The highest BCUT2D eigenvalue weighted by Crippen LogP contribution is 2.49. The largest absolute Gasteiger partial charge is 0.459 e. The van der Waals surface area contributed by atoms with Crippen molar-refractivity contribution in [3.05, 3.63) is 197 Å². The number of aryl methyl sites for hydroxylation is 1. The molecule has 1 aliphatic carbocycles. The molecule has 8 aromatic carbocycles. The second-order valence-corrected chi connectivity index (χ2v) is 16.9. The zero-order chi connectivity index (χ0) is 39.2. The molecule has 0 saturated carbocycles. The van der Waals surface area contributed by atoms with Crippen LogP contribution in [0.4, 0.5) is 0 Å². The van der Waals surface area contributed by atoms with E-state index in [2.05, 4.69) is 178 Å². The highest BCUT2D eigenvalue weighted by atomic mass is 16.3. The van der Waals surface area contributed by atoms with E-state index < -0.39 is 6.17 Å². The molecule has 0 fully saturated rings. The van der Waals surface area contributed by atoms with Gasteiger partial charge in [0.2, 0.25) is 0 Å². The Kier molecular flexibility index (Phi) is 6.52. The van der Waals surface area contributed by atoms with E-state index in [0.717, 1.165) is 52.8 Å². The summed E-state index contributed by atoms with van der Waals surface area (Å²) in [6.45, 7) is 0. The number of para-hydroxylation sites is 3. The summed E-state index contributed by atoms with van der Waals surface area (Å²) < 4.78 is 12.1. The van der Waals surface area contributed by atoms with Gasteiger partial charge in [0, 0.05) is 55.4 Å². The number of rotatable bonds is 1. The van der Waals surface area contributed by atoms with Gasteiger partial charge in [-0.25, -0.2) is 0 Å². The molecule has 0 amide bonds. The monoisotopic (exact) mass is 770 g/mol. The molecular formula is C55H38N4O. The molecule has 3 N–H and O–H groups in total. The van der Waals surface area contributed by atoms with Crippen molar-refractivity contribution >= 4 is 87.2 Å². The molecule has 4 aromatic heterocycles. The summed E-state index contributed by atoms with van der Waals surface area (Å²) in [6, 6.07) is 57.6. The fourth-order valence-corrected chi connectivity index (χ4v) is 11.2. The normalized spacial score (nSPS) is 16.9. The van der Waals surface area contributed by atoms with Crippen LogP contribution < -0.4 is 11.1 Å². The van der Waals surface area contributed by atoms with Crippen LogP contribution in [0.25, 0.3) is 92.9 Å². The van der Waals surface area contributed by atoms with Gasteiger partial charge in [0.15, 0.2) is 0 Å². The molecule has 60 heavy (non-hydrogen) atoms. The summed E-state index contributed by atoms with van der Waals surface area (Å²) in [5.74, 6) is 0.910. The smallest absolute Gasteiger partial charge is 0.134 e. The molecule has 6 heterocycles. The maximum atomic E-state index is 7.23. The molecule has 3 aliphatic rings. The van der Waals surface area contributed by atoms with Crippen molar-refractivity contribution in [3.63, 3.8) is 0 Å². The molecule has 5 heteroatoms. The second kappa shape index (κ2) is 12.0. The summed E-state index contributed by atoms with van der Waals surface area (Å²) in [5, 5.41) is 15.3. The van der Waals surface area contributed by atoms with Gasteiger partial charge in [-0.1, -0.05) is 127 Å². The predicted octanol–water partition coefficient (Wildman–Crippen LogP) is 13.1. The van der Waals surface area contributed by atoms with E-state index in [0.29, 0.717) is 0 Å². The van der Waals surface area contributed by atoms with E-state index in [1.165, 1.54) is 92.9 Å². The van der Waals surface area contributed by atoms with Gasteiger partial charge < -0.3 is 19.1 Å². The zero-order valence-electron chi connectivity index (χ0n) is 32.7. The first kappa shape index (κ1) is 32.7. The van der Waals surface area contributed by atoms with Crippen LogP contribution in [0.3, 0.4) is 0 Å². The molecule has 15 rings (SSSR count). The minimum Gasteiger partial charge on any atom is -0.459 e. The first-order valence-electron chi connectivity index (χ1n) is 21.1. The number of aromatic nitrogens is 2. The molecule has 2 unspecified atom stereocenters. The number of nitrogens with two attached hydrogens (primary N) is 1. The van der Waals surface area contributed by atoms with Crippen molar-refractivity contribution in [2.45, 2.75) is 31.5 Å². The number of benzene rings is 8. The Morgan fingerprint density at radius 2 is 1.27 bits per heavy atom. The van der Waals surface area contributed by atoms with Crippen molar-refractivity contribution in [1.29, 1.82) is 0 Å². The third-order valence-electron chi connectivity index (χ3n) is 13.8. The van der Waals surface area contributed by atoms with Crippen LogP contribution in [0.15, 0.2) is 168 Å². The van der Waals surface area contributed by atoms with Gasteiger partial charge in [-0.15, -0.1) is 0 Å². The van der Waals surface area contributed by atoms with E-state index >= 15 is 0 Å². The van der Waals surface area contributed by atoms with Crippen molar-refractivity contribution in [1.82, 2.24) is 14.3 Å². The standard InChI is InChI=1S/C55H38N4O/c56-55-32-24-26-35(27-25-32)58-45-22-8-6-19-40(45)48-37-17-4-5-18-38(37)49-41-21-11-20-39-43-28-33-14-10-15-34(42(33)30-46(43)59(51(39)41)53(49)52(48)58)29-44-36-16-7-9-23-47(36)60-54(44)50(57-55)31-12-2-1-3-13-31/h1-9,11-13,15-28,30,50,55,57H,10,14,29,56H2. The van der Waals surface area contributed by atoms with Crippen LogP contribution in [0.1, 0.15) is 52.2 Å². The summed E-state index contributed by atoms with van der Waals surface area (Å²) in [6.07, 6.45) is 4.76. The summed E-state index contributed by atoms with van der Waals surface area (Å²) >= 11 is 0. The first-order chi connectivity index (χ1) is 29.7. The Hall–Kier alpha value is -7.18.